The van der Waals surface area contributed by atoms with E-state index in [0.717, 1.165) is 6.07 Å². The highest BCUT2D eigenvalue weighted by Gasteiger charge is 2.23. The molecule has 0 aliphatic carbocycles. The first-order chi connectivity index (χ1) is 17.7. The number of amides is 2. The van der Waals surface area contributed by atoms with Crippen LogP contribution in [-0.4, -0.2) is 44.8 Å². The van der Waals surface area contributed by atoms with Crippen molar-refractivity contribution >= 4 is 29.2 Å². The number of carbonyl (C=O) groups is 2. The number of aliphatic hydroxyl groups is 1. The standard InChI is InChI=1S/C27H25ClFN5O3/c1-27(2,16-35)15-31-26(37)23-14-24(34(33-23)17-8-4-3-5-9-17)32-25(36)18-12-19(21(29)13-20(18)28)22-10-6-7-11-30-22/h3-14,35H,15-16H2,1-2H3,(H,31,37)(H,32,36). The van der Waals surface area contributed by atoms with Crippen LogP contribution in [0.4, 0.5) is 10.2 Å². The Labute approximate surface area is 218 Å². The molecule has 2 aromatic carbocycles. The number of halogens is 2. The van der Waals surface area contributed by atoms with Crippen LogP contribution in [0.3, 0.4) is 0 Å². The van der Waals surface area contributed by atoms with Gasteiger partial charge in [0.05, 0.1) is 22.0 Å². The van der Waals surface area contributed by atoms with Crippen LogP contribution in [0.25, 0.3) is 16.9 Å². The Bertz CT molecular complexity index is 1420. The third-order valence-corrected chi connectivity index (χ3v) is 5.89. The molecule has 0 radical (unpaired) electrons. The van der Waals surface area contributed by atoms with E-state index in [-0.39, 0.29) is 40.8 Å². The van der Waals surface area contributed by atoms with E-state index in [1.807, 2.05) is 19.9 Å². The second-order valence-corrected chi connectivity index (χ2v) is 9.56. The quantitative estimate of drug-likeness (QED) is 0.310. The summed E-state index contributed by atoms with van der Waals surface area (Å²) in [5.74, 6) is -1.49. The molecule has 0 saturated carbocycles. The summed E-state index contributed by atoms with van der Waals surface area (Å²) in [6.45, 7) is 3.75. The maximum atomic E-state index is 14.6. The molecule has 3 N–H and O–H groups in total. The van der Waals surface area contributed by atoms with Gasteiger partial charge in [0.1, 0.15) is 11.6 Å². The van der Waals surface area contributed by atoms with Gasteiger partial charge in [0, 0.05) is 36.4 Å². The Balaban J connectivity index is 1.67. The van der Waals surface area contributed by atoms with E-state index in [9.17, 15) is 19.1 Å². The average molecular weight is 522 g/mol. The van der Waals surface area contributed by atoms with Crippen LogP contribution in [0.15, 0.2) is 72.9 Å². The molecule has 0 fully saturated rings. The summed E-state index contributed by atoms with van der Waals surface area (Å²) >= 11 is 6.23. The highest BCUT2D eigenvalue weighted by Crippen LogP contribution is 2.28. The number of aliphatic hydroxyl groups excluding tert-OH is 1. The predicted molar refractivity (Wildman–Crippen MR) is 139 cm³/mol. The van der Waals surface area contributed by atoms with Crippen molar-refractivity contribution in [1.29, 1.82) is 0 Å². The first-order valence-corrected chi connectivity index (χ1v) is 11.8. The van der Waals surface area contributed by atoms with Gasteiger partial charge in [-0.05, 0) is 36.4 Å². The zero-order chi connectivity index (χ0) is 26.6. The lowest BCUT2D eigenvalue weighted by Crippen LogP contribution is -2.36. The van der Waals surface area contributed by atoms with Crippen molar-refractivity contribution in [2.24, 2.45) is 5.41 Å². The number of anilines is 1. The molecule has 0 atom stereocenters. The smallest absolute Gasteiger partial charge is 0.271 e. The molecule has 0 aliphatic rings. The topological polar surface area (TPSA) is 109 Å². The van der Waals surface area contributed by atoms with E-state index in [1.165, 1.54) is 23.0 Å². The molecule has 0 spiro atoms. The molecule has 4 rings (SSSR count). The van der Waals surface area contributed by atoms with Crippen LogP contribution in [0.1, 0.15) is 34.7 Å². The summed E-state index contributed by atoms with van der Waals surface area (Å²) in [5, 5.41) is 19.2. The number of nitrogens with zero attached hydrogens (tertiary/aromatic N) is 3. The van der Waals surface area contributed by atoms with Crippen LogP contribution in [-0.2, 0) is 0 Å². The first-order valence-electron chi connectivity index (χ1n) is 11.4. The normalized spacial score (nSPS) is 11.3. The Hall–Kier alpha value is -4.08. The minimum atomic E-state index is -0.618. The Morgan fingerprint density at radius 1 is 1.05 bits per heavy atom. The molecule has 8 nitrogen and oxygen atoms in total. The Morgan fingerprint density at radius 2 is 1.78 bits per heavy atom. The van der Waals surface area contributed by atoms with Gasteiger partial charge in [0.2, 0.25) is 0 Å². The molecule has 2 amide bonds. The third kappa shape index (κ3) is 6.02. The number of benzene rings is 2. The molecule has 2 aromatic heterocycles. The number of rotatable bonds is 8. The van der Waals surface area contributed by atoms with Crippen LogP contribution in [0.5, 0.6) is 0 Å². The molecule has 0 aliphatic heterocycles. The van der Waals surface area contributed by atoms with Crippen molar-refractivity contribution in [3.8, 4) is 16.9 Å². The fourth-order valence-electron chi connectivity index (χ4n) is 3.44. The lowest BCUT2D eigenvalue weighted by Gasteiger charge is -2.21. The van der Waals surface area contributed by atoms with Gasteiger partial charge >= 0.3 is 0 Å². The predicted octanol–water partition coefficient (Wildman–Crippen LogP) is 4.73. The van der Waals surface area contributed by atoms with Gasteiger partial charge in [-0.3, -0.25) is 14.6 Å². The minimum absolute atomic E-state index is 0.0280. The first kappa shape index (κ1) is 26.0. The number of hydrogen-bond donors (Lipinski definition) is 3. The zero-order valence-electron chi connectivity index (χ0n) is 20.2. The second kappa shape index (κ2) is 10.9. The summed E-state index contributed by atoms with van der Waals surface area (Å²) in [4.78, 5) is 30.2. The summed E-state index contributed by atoms with van der Waals surface area (Å²) in [6.07, 6.45) is 1.52. The van der Waals surface area contributed by atoms with E-state index in [4.69, 9.17) is 11.6 Å². The summed E-state index contributed by atoms with van der Waals surface area (Å²) < 4.78 is 16.1. The van der Waals surface area contributed by atoms with E-state index >= 15 is 0 Å². The molecular formula is C27H25ClFN5O3. The Morgan fingerprint density at radius 3 is 2.46 bits per heavy atom. The van der Waals surface area contributed by atoms with Gasteiger partial charge in [-0.1, -0.05) is 49.7 Å². The van der Waals surface area contributed by atoms with Crippen molar-refractivity contribution in [3.05, 3.63) is 95.0 Å². The molecule has 4 aromatic rings. The lowest BCUT2D eigenvalue weighted by molar-refractivity contribution is 0.0905. The highest BCUT2D eigenvalue weighted by molar-refractivity contribution is 6.34. The fourth-order valence-corrected chi connectivity index (χ4v) is 3.67. The van der Waals surface area contributed by atoms with Crippen molar-refractivity contribution in [3.63, 3.8) is 0 Å². The van der Waals surface area contributed by atoms with Crippen molar-refractivity contribution in [2.75, 3.05) is 18.5 Å². The average Bonchev–Trinajstić information content (AvgIpc) is 3.32. The number of aromatic nitrogens is 3. The van der Waals surface area contributed by atoms with Crippen LogP contribution in [0.2, 0.25) is 5.02 Å². The third-order valence-electron chi connectivity index (χ3n) is 5.58. The molecule has 0 saturated heterocycles. The van der Waals surface area contributed by atoms with Crippen molar-refractivity contribution < 1.29 is 19.1 Å². The number of pyridine rings is 1. The molecule has 2 heterocycles. The van der Waals surface area contributed by atoms with Gasteiger partial charge < -0.3 is 15.7 Å². The monoisotopic (exact) mass is 521 g/mol. The van der Waals surface area contributed by atoms with Crippen LogP contribution >= 0.6 is 11.6 Å². The maximum Gasteiger partial charge on any atom is 0.271 e. The highest BCUT2D eigenvalue weighted by atomic mass is 35.5. The largest absolute Gasteiger partial charge is 0.396 e. The van der Waals surface area contributed by atoms with Gasteiger partial charge in [0.15, 0.2) is 5.69 Å². The van der Waals surface area contributed by atoms with Gasteiger partial charge in [0.25, 0.3) is 11.8 Å². The molecule has 190 valence electrons. The van der Waals surface area contributed by atoms with Crippen molar-refractivity contribution in [2.45, 2.75) is 13.8 Å². The summed E-state index contributed by atoms with van der Waals surface area (Å²) in [7, 11) is 0. The number of carbonyl (C=O) groups excluding carboxylic acids is 2. The van der Waals surface area contributed by atoms with Gasteiger partial charge in [-0.15, -0.1) is 0 Å². The summed E-state index contributed by atoms with van der Waals surface area (Å²) in [6, 6.07) is 17.8. The second-order valence-electron chi connectivity index (χ2n) is 9.15. The van der Waals surface area contributed by atoms with Crippen LogP contribution in [0, 0.1) is 11.2 Å². The number of hydrogen-bond acceptors (Lipinski definition) is 5. The van der Waals surface area contributed by atoms with E-state index in [0.29, 0.717) is 11.4 Å². The van der Waals surface area contributed by atoms with Crippen molar-refractivity contribution in [1.82, 2.24) is 20.1 Å². The minimum Gasteiger partial charge on any atom is -0.396 e. The fraction of sp³-hybridized carbons (Fsp3) is 0.185. The zero-order valence-corrected chi connectivity index (χ0v) is 21.0. The number of para-hydroxylation sites is 1. The molecule has 10 heteroatoms. The SMILES string of the molecule is CC(C)(CO)CNC(=O)c1cc(NC(=O)c2cc(-c3ccccn3)c(F)cc2Cl)n(-c2ccccc2)n1. The summed E-state index contributed by atoms with van der Waals surface area (Å²) in [5.41, 5.74) is 0.654. The maximum absolute atomic E-state index is 14.6. The lowest BCUT2D eigenvalue weighted by atomic mass is 9.95. The number of nitrogens with one attached hydrogen (secondary N) is 2. The molecule has 0 unspecified atom stereocenters. The molecule has 37 heavy (non-hydrogen) atoms. The van der Waals surface area contributed by atoms with Crippen LogP contribution < -0.4 is 10.6 Å². The van der Waals surface area contributed by atoms with E-state index in [2.05, 4.69) is 20.7 Å². The molecule has 0 bridgehead atoms. The Kier molecular flexibility index (Phi) is 7.66. The van der Waals surface area contributed by atoms with E-state index in [1.54, 1.807) is 42.5 Å². The van der Waals surface area contributed by atoms with Gasteiger partial charge in [-0.2, -0.15) is 5.10 Å². The molecular weight excluding hydrogens is 497 g/mol. The van der Waals surface area contributed by atoms with Gasteiger partial charge in [-0.25, -0.2) is 9.07 Å². The van der Waals surface area contributed by atoms with E-state index < -0.39 is 23.0 Å².